The normalized spacial score (nSPS) is 10.5. The standard InChI is InChI=1S/2C2H3Cl2O.O.V/c2*1-2(3,4)5;;/h2*1H3;;/q2*-1;;+2. The Balaban J connectivity index is -0.000000112. The summed E-state index contributed by atoms with van der Waals surface area (Å²) in [6.45, 7) is 2.33. The second kappa shape index (κ2) is 9.04. The van der Waals surface area contributed by atoms with Crippen LogP contribution in [0.15, 0.2) is 0 Å². The molecule has 0 aromatic heterocycles. The monoisotopic (exact) mass is 293 g/mol. The molecule has 0 aromatic rings. The van der Waals surface area contributed by atoms with Crippen molar-refractivity contribution in [2.24, 2.45) is 0 Å². The Bertz CT molecular complexity index is 75.5. The van der Waals surface area contributed by atoms with Crippen molar-refractivity contribution in [3.05, 3.63) is 0 Å². The molecule has 0 rings (SSSR count). The van der Waals surface area contributed by atoms with Crippen LogP contribution in [0.1, 0.15) is 13.8 Å². The predicted molar refractivity (Wildman–Crippen MR) is 40.9 cm³/mol. The molecule has 3 nitrogen and oxygen atoms in total. The molecule has 0 N–H and O–H groups in total. The van der Waals surface area contributed by atoms with Crippen molar-refractivity contribution in [3.8, 4) is 0 Å². The van der Waals surface area contributed by atoms with Crippen molar-refractivity contribution >= 4 is 46.4 Å². The van der Waals surface area contributed by atoms with Crippen LogP contribution < -0.4 is 10.2 Å². The van der Waals surface area contributed by atoms with E-state index >= 15 is 0 Å². The fourth-order valence-corrected chi connectivity index (χ4v) is 0. The van der Waals surface area contributed by atoms with E-state index in [4.69, 9.17) is 50.1 Å². The van der Waals surface area contributed by atoms with Crippen molar-refractivity contribution in [1.29, 1.82) is 0 Å². The van der Waals surface area contributed by atoms with E-state index in [9.17, 15) is 10.2 Å². The zero-order valence-corrected chi connectivity index (χ0v) is 10.6. The summed E-state index contributed by atoms with van der Waals surface area (Å²) in [4.78, 5) is 0. The Kier molecular flexibility index (Phi) is 14.4. The summed E-state index contributed by atoms with van der Waals surface area (Å²) in [7, 11) is 0. The van der Waals surface area contributed by atoms with Crippen LogP contribution in [-0.4, -0.2) is 9.04 Å². The van der Waals surface area contributed by atoms with Gasteiger partial charge in [0.1, 0.15) is 0 Å². The Morgan fingerprint density at radius 1 is 0.917 bits per heavy atom. The third kappa shape index (κ3) is 585. The zero-order chi connectivity index (χ0) is 11.0. The van der Waals surface area contributed by atoms with E-state index in [2.05, 4.69) is 0 Å². The molecule has 73 valence electrons. The summed E-state index contributed by atoms with van der Waals surface area (Å²) < 4.78 is 4.58. The molecule has 0 unspecified atom stereocenters. The van der Waals surface area contributed by atoms with Gasteiger partial charge in [-0.2, -0.15) is 0 Å². The summed E-state index contributed by atoms with van der Waals surface area (Å²) in [5, 5.41) is 19.3. The summed E-state index contributed by atoms with van der Waals surface area (Å²) in [5.74, 6) is 0. The molecule has 8 heteroatoms. The van der Waals surface area contributed by atoms with Gasteiger partial charge in [-0.05, 0) is 13.8 Å². The molecule has 0 amide bonds. The van der Waals surface area contributed by atoms with E-state index in [1.54, 1.807) is 0 Å². The van der Waals surface area contributed by atoms with Crippen LogP contribution in [0.5, 0.6) is 0 Å². The SMILES string of the molecule is CC([O-])(Cl)Cl.CC([O-])(Cl)Cl.[O]=[V+2]. The van der Waals surface area contributed by atoms with Gasteiger partial charge in [-0.3, -0.25) is 0 Å². The van der Waals surface area contributed by atoms with E-state index in [-0.39, 0.29) is 0 Å². The first-order chi connectivity index (χ1) is 5.00. The second-order valence-corrected chi connectivity index (χ2v) is 4.89. The van der Waals surface area contributed by atoms with Crippen molar-refractivity contribution in [2.75, 3.05) is 0 Å². The molecule has 0 saturated heterocycles. The molecule has 0 aliphatic rings. The molecule has 0 aliphatic heterocycles. The minimum atomic E-state index is -1.81. The fourth-order valence-electron chi connectivity index (χ4n) is 0. The van der Waals surface area contributed by atoms with Gasteiger partial charge in [-0.15, -0.1) is 46.4 Å². The molecule has 0 fully saturated rings. The molecule has 0 aliphatic carbocycles. The predicted octanol–water partition coefficient (Wildman–Crippen LogP) is 0.875. The third-order valence-electron chi connectivity index (χ3n) is 0. The average molecular weight is 295 g/mol. The number of halogens is 4. The maximum atomic E-state index is 9.64. The first-order valence-corrected chi connectivity index (χ1v) is 4.43. The van der Waals surface area contributed by atoms with Crippen molar-refractivity contribution in [1.82, 2.24) is 0 Å². The van der Waals surface area contributed by atoms with Crippen LogP contribution in [0, 0.1) is 0 Å². The molecular formula is C4H6Cl4O3V. The summed E-state index contributed by atoms with van der Waals surface area (Å²) in [6.07, 6.45) is 0. The maximum absolute atomic E-state index is 9.64. The van der Waals surface area contributed by atoms with Gasteiger partial charge in [0.2, 0.25) is 0 Å². The van der Waals surface area contributed by atoms with Crippen LogP contribution in [0.2, 0.25) is 0 Å². The van der Waals surface area contributed by atoms with Gasteiger partial charge in [-0.25, -0.2) is 0 Å². The quantitative estimate of drug-likeness (QED) is 0.623. The molecule has 0 heterocycles. The van der Waals surface area contributed by atoms with Gasteiger partial charge < -0.3 is 10.2 Å². The number of hydrogen-bond acceptors (Lipinski definition) is 3. The summed E-state index contributed by atoms with van der Waals surface area (Å²) in [5.41, 5.74) is 0. The molecular weight excluding hydrogens is 289 g/mol. The van der Waals surface area contributed by atoms with Gasteiger partial charge in [-0.1, -0.05) is 0 Å². The molecule has 0 spiro atoms. The van der Waals surface area contributed by atoms with E-state index in [0.717, 1.165) is 31.2 Å². The topological polar surface area (TPSA) is 63.2 Å². The van der Waals surface area contributed by atoms with Crippen LogP contribution in [-0.2, 0) is 21.0 Å². The number of alkyl halides is 4. The van der Waals surface area contributed by atoms with Crippen LogP contribution in [0.25, 0.3) is 0 Å². The first kappa shape index (κ1) is 19.1. The Morgan fingerprint density at radius 2 is 0.917 bits per heavy atom. The zero-order valence-electron chi connectivity index (χ0n) is 6.18. The Morgan fingerprint density at radius 3 is 0.917 bits per heavy atom. The van der Waals surface area contributed by atoms with Crippen LogP contribution in [0.4, 0.5) is 0 Å². The Hall–Kier alpha value is 1.46. The van der Waals surface area contributed by atoms with Gasteiger partial charge in [0.05, 0.1) is 0 Å². The van der Waals surface area contributed by atoms with E-state index in [1.165, 1.54) is 0 Å². The minimum absolute atomic E-state index is 1.06. The van der Waals surface area contributed by atoms with Crippen LogP contribution in [0.3, 0.4) is 0 Å². The van der Waals surface area contributed by atoms with Gasteiger partial charge in [0, 0.05) is 9.04 Å². The van der Waals surface area contributed by atoms with E-state index in [1.807, 2.05) is 0 Å². The number of hydrogen-bond donors (Lipinski definition) is 0. The molecule has 12 heavy (non-hydrogen) atoms. The van der Waals surface area contributed by atoms with Crippen molar-refractivity contribution < 1.29 is 31.3 Å². The molecule has 0 bridgehead atoms. The number of rotatable bonds is 0. The second-order valence-electron chi connectivity index (χ2n) is 1.62. The molecule has 0 atom stereocenters. The molecule has 0 aromatic carbocycles. The van der Waals surface area contributed by atoms with E-state index < -0.39 is 9.04 Å². The van der Waals surface area contributed by atoms with Crippen LogP contribution >= 0.6 is 46.4 Å². The van der Waals surface area contributed by atoms with Gasteiger partial charge in [0.25, 0.3) is 0 Å². The third-order valence-corrected chi connectivity index (χ3v) is 0. The van der Waals surface area contributed by atoms with Gasteiger partial charge >= 0.3 is 21.0 Å². The average Bonchev–Trinajstić information content (AvgIpc) is 1.59. The van der Waals surface area contributed by atoms with Crippen molar-refractivity contribution in [3.63, 3.8) is 0 Å². The molecule has 0 saturated carbocycles. The van der Waals surface area contributed by atoms with E-state index in [0.29, 0.717) is 0 Å². The fraction of sp³-hybridized carbons (Fsp3) is 1.00. The van der Waals surface area contributed by atoms with Crippen molar-refractivity contribution in [2.45, 2.75) is 22.9 Å². The van der Waals surface area contributed by atoms with Gasteiger partial charge in [0.15, 0.2) is 0 Å². The first-order valence-electron chi connectivity index (χ1n) is 2.35. The molecule has 0 radical (unpaired) electrons. The summed E-state index contributed by atoms with van der Waals surface area (Å²) >= 11 is 20.0. The Labute approximate surface area is 100 Å². The summed E-state index contributed by atoms with van der Waals surface area (Å²) in [6, 6.07) is 0.